The van der Waals surface area contributed by atoms with Crippen molar-refractivity contribution in [1.29, 1.82) is 5.41 Å². The molecule has 1 atom stereocenters. The molecule has 174 valence electrons. The average Bonchev–Trinajstić information content (AvgIpc) is 3.17. The largest absolute Gasteiger partial charge is 0.457 e. The fraction of sp³-hybridized carbons (Fsp3) is 0.259. The third-order valence-corrected chi connectivity index (χ3v) is 5.89. The van der Waals surface area contributed by atoms with Gasteiger partial charge in [0.15, 0.2) is 0 Å². The van der Waals surface area contributed by atoms with Gasteiger partial charge in [-0.15, -0.1) is 0 Å². The minimum atomic E-state index is -0.0640. The topological polar surface area (TPSA) is 91.2 Å². The molecule has 7 nitrogen and oxygen atoms in total. The monoisotopic (exact) mass is 455 g/mol. The van der Waals surface area contributed by atoms with Crippen molar-refractivity contribution in [2.24, 2.45) is 5.41 Å². The van der Waals surface area contributed by atoms with E-state index in [0.29, 0.717) is 35.9 Å². The van der Waals surface area contributed by atoms with E-state index in [2.05, 4.69) is 35.7 Å². The molecule has 7 heteroatoms. The number of hydrogen-bond acceptors (Lipinski definition) is 6. The van der Waals surface area contributed by atoms with Gasteiger partial charge in [0.1, 0.15) is 23.6 Å². The smallest absolute Gasteiger partial charge is 0.246 e. The summed E-state index contributed by atoms with van der Waals surface area (Å²) in [6.07, 6.45) is 5.34. The van der Waals surface area contributed by atoms with Crippen molar-refractivity contribution in [3.05, 3.63) is 90.9 Å². The van der Waals surface area contributed by atoms with Crippen molar-refractivity contribution >= 4 is 17.4 Å². The highest BCUT2D eigenvalue weighted by Crippen LogP contribution is 2.34. The Morgan fingerprint density at radius 2 is 1.91 bits per heavy atom. The van der Waals surface area contributed by atoms with E-state index in [4.69, 9.17) is 10.1 Å². The Balaban J connectivity index is 1.47. The summed E-state index contributed by atoms with van der Waals surface area (Å²) in [6.45, 7) is 9.18. The van der Waals surface area contributed by atoms with Crippen LogP contribution in [0.1, 0.15) is 31.4 Å². The van der Waals surface area contributed by atoms with E-state index in [9.17, 15) is 4.79 Å². The van der Waals surface area contributed by atoms with Crippen LogP contribution in [-0.2, 0) is 4.79 Å². The van der Waals surface area contributed by atoms with Crippen molar-refractivity contribution in [3.63, 3.8) is 0 Å². The molecule has 0 bridgehead atoms. The number of nitrogens with zero attached hydrogens (tertiary/aromatic N) is 3. The first-order valence-electron chi connectivity index (χ1n) is 11.3. The highest BCUT2D eigenvalue weighted by molar-refractivity contribution is 6.13. The summed E-state index contributed by atoms with van der Waals surface area (Å²) in [5, 5.41) is 12.1. The number of rotatable bonds is 8. The van der Waals surface area contributed by atoms with Crippen LogP contribution >= 0.6 is 0 Å². The molecule has 1 aliphatic rings. The molecule has 0 saturated carbocycles. The number of nitrogens with one attached hydrogen (secondary N) is 2. The van der Waals surface area contributed by atoms with Gasteiger partial charge in [-0.1, -0.05) is 38.6 Å². The first kappa shape index (κ1) is 23.2. The quantitative estimate of drug-likeness (QED) is 0.372. The van der Waals surface area contributed by atoms with Crippen molar-refractivity contribution in [2.45, 2.75) is 26.3 Å². The second-order valence-corrected chi connectivity index (χ2v) is 9.17. The molecule has 1 fully saturated rings. The Bertz CT molecular complexity index is 1180. The van der Waals surface area contributed by atoms with Gasteiger partial charge >= 0.3 is 0 Å². The lowest BCUT2D eigenvalue weighted by atomic mass is 9.90. The van der Waals surface area contributed by atoms with Gasteiger partial charge in [-0.2, -0.15) is 0 Å². The Hall–Kier alpha value is -4.00. The van der Waals surface area contributed by atoms with Crippen LogP contribution in [0.3, 0.4) is 0 Å². The van der Waals surface area contributed by atoms with Gasteiger partial charge in [0.25, 0.3) is 0 Å². The lowest BCUT2D eigenvalue weighted by molar-refractivity contribution is -0.126. The lowest BCUT2D eigenvalue weighted by Gasteiger charge is -2.24. The predicted octanol–water partition coefficient (Wildman–Crippen LogP) is 4.91. The number of benzene rings is 2. The Labute approximate surface area is 200 Å². The number of anilines is 1. The summed E-state index contributed by atoms with van der Waals surface area (Å²) in [7, 11) is 0. The van der Waals surface area contributed by atoms with Gasteiger partial charge in [0.05, 0.1) is 11.3 Å². The Morgan fingerprint density at radius 3 is 2.62 bits per heavy atom. The average molecular weight is 456 g/mol. The van der Waals surface area contributed by atoms with Crippen molar-refractivity contribution in [2.75, 3.05) is 18.4 Å². The van der Waals surface area contributed by atoms with Gasteiger partial charge < -0.3 is 15.0 Å². The molecule has 2 heterocycles. The fourth-order valence-corrected chi connectivity index (χ4v) is 4.30. The summed E-state index contributed by atoms with van der Waals surface area (Å²) in [6, 6.07) is 17.0. The van der Waals surface area contributed by atoms with Crippen LogP contribution in [-0.4, -0.2) is 45.6 Å². The zero-order valence-electron chi connectivity index (χ0n) is 19.5. The van der Waals surface area contributed by atoms with E-state index in [1.54, 1.807) is 6.20 Å². The highest BCUT2D eigenvalue weighted by Gasteiger charge is 2.39. The van der Waals surface area contributed by atoms with Crippen LogP contribution in [0.4, 0.5) is 5.82 Å². The number of aromatic nitrogens is 2. The van der Waals surface area contributed by atoms with E-state index in [0.717, 1.165) is 17.7 Å². The second-order valence-electron chi connectivity index (χ2n) is 9.17. The third kappa shape index (κ3) is 5.31. The lowest BCUT2D eigenvalue weighted by Crippen LogP contribution is -2.39. The van der Waals surface area contributed by atoms with E-state index in [-0.39, 0.29) is 17.4 Å². The van der Waals surface area contributed by atoms with E-state index >= 15 is 0 Å². The predicted molar refractivity (Wildman–Crippen MR) is 134 cm³/mol. The molecule has 34 heavy (non-hydrogen) atoms. The van der Waals surface area contributed by atoms with Gasteiger partial charge in [-0.05, 0) is 54.3 Å². The molecule has 0 aliphatic carbocycles. The molecule has 4 rings (SSSR count). The molecule has 1 aromatic heterocycles. The van der Waals surface area contributed by atoms with Crippen molar-refractivity contribution in [1.82, 2.24) is 14.9 Å². The van der Waals surface area contributed by atoms with E-state index < -0.39 is 0 Å². The standard InChI is InChI=1S/C27H29N5O2/c1-4-24(33)32-17-27(2,3)14-20(32)15-30-26-23(16-29-18-31-26)25(28)19-10-12-22(13-11-19)34-21-8-6-5-7-9-21/h4-13,16,18,20,28H,1,14-15,17H2,2-3H3,(H,29,30,31)/t20-/m1/s1. The van der Waals surface area contributed by atoms with Crippen LogP contribution in [0.5, 0.6) is 11.5 Å². The summed E-state index contributed by atoms with van der Waals surface area (Å²) in [5.74, 6) is 1.96. The summed E-state index contributed by atoms with van der Waals surface area (Å²) in [5.41, 5.74) is 1.66. The normalized spacial score (nSPS) is 16.6. The number of ether oxygens (including phenoxy) is 1. The Morgan fingerprint density at radius 1 is 1.21 bits per heavy atom. The van der Waals surface area contributed by atoms with Gasteiger partial charge in [0.2, 0.25) is 5.91 Å². The van der Waals surface area contributed by atoms with Crippen LogP contribution in [0, 0.1) is 10.8 Å². The number of carbonyl (C=O) groups is 1. The first-order chi connectivity index (χ1) is 16.4. The highest BCUT2D eigenvalue weighted by atomic mass is 16.5. The number of para-hydroxylation sites is 1. The third-order valence-electron chi connectivity index (χ3n) is 5.89. The molecular weight excluding hydrogens is 426 g/mol. The molecule has 2 aromatic carbocycles. The SMILES string of the molecule is C=CC(=O)N1CC(C)(C)C[C@@H]1CNc1ncncc1C(=N)c1ccc(Oc2ccccc2)cc1. The molecule has 3 aromatic rings. The van der Waals surface area contributed by atoms with Gasteiger partial charge in [-0.3, -0.25) is 10.2 Å². The minimum Gasteiger partial charge on any atom is -0.457 e. The molecule has 2 N–H and O–H groups in total. The van der Waals surface area contributed by atoms with Crippen LogP contribution < -0.4 is 10.1 Å². The number of amides is 1. The van der Waals surface area contributed by atoms with Crippen LogP contribution in [0.25, 0.3) is 0 Å². The summed E-state index contributed by atoms with van der Waals surface area (Å²) >= 11 is 0. The maximum Gasteiger partial charge on any atom is 0.246 e. The zero-order valence-corrected chi connectivity index (χ0v) is 19.5. The fourth-order valence-electron chi connectivity index (χ4n) is 4.30. The van der Waals surface area contributed by atoms with Crippen molar-refractivity contribution < 1.29 is 9.53 Å². The molecule has 0 unspecified atom stereocenters. The number of carbonyl (C=O) groups excluding carboxylic acids is 1. The number of hydrogen-bond donors (Lipinski definition) is 2. The maximum atomic E-state index is 12.3. The molecule has 0 spiro atoms. The van der Waals surface area contributed by atoms with Gasteiger partial charge in [0, 0.05) is 30.9 Å². The Kier molecular flexibility index (Phi) is 6.72. The van der Waals surface area contributed by atoms with Crippen molar-refractivity contribution in [3.8, 4) is 11.5 Å². The molecule has 1 aliphatic heterocycles. The first-order valence-corrected chi connectivity index (χ1v) is 11.3. The van der Waals surface area contributed by atoms with E-state index in [1.165, 1.54) is 12.4 Å². The molecule has 1 amide bonds. The second kappa shape index (κ2) is 9.87. The molecule has 1 saturated heterocycles. The van der Waals surface area contributed by atoms with E-state index in [1.807, 2.05) is 59.5 Å². The molecule has 0 radical (unpaired) electrons. The van der Waals surface area contributed by atoms with Crippen LogP contribution in [0.15, 0.2) is 79.8 Å². The minimum absolute atomic E-state index is 0.0203. The maximum absolute atomic E-state index is 12.3. The number of likely N-dealkylation sites (tertiary alicyclic amines) is 1. The zero-order chi connectivity index (χ0) is 24.1. The van der Waals surface area contributed by atoms with Gasteiger partial charge in [-0.25, -0.2) is 9.97 Å². The summed E-state index contributed by atoms with van der Waals surface area (Å²) in [4.78, 5) is 22.7. The summed E-state index contributed by atoms with van der Waals surface area (Å²) < 4.78 is 5.85. The van der Waals surface area contributed by atoms with Crippen LogP contribution in [0.2, 0.25) is 0 Å². The molecular formula is C27H29N5O2.